The molecule has 0 N–H and O–H groups in total. The van der Waals surface area contributed by atoms with Gasteiger partial charge in [-0.1, -0.05) is 52.4 Å². The molecule has 4 rings (SSSR count). The van der Waals surface area contributed by atoms with E-state index in [2.05, 4.69) is 6.92 Å². The van der Waals surface area contributed by atoms with E-state index in [-0.39, 0.29) is 11.6 Å². The molecule has 138 valence electrons. The first-order valence-electron chi connectivity index (χ1n) is 10.8. The molecule has 0 aliphatic heterocycles. The first-order valence-corrected chi connectivity index (χ1v) is 10.8. The van der Waals surface area contributed by atoms with E-state index in [9.17, 15) is 4.79 Å². The van der Waals surface area contributed by atoms with Crippen LogP contribution in [-0.2, 0) is 9.53 Å². The fourth-order valence-corrected chi connectivity index (χ4v) is 6.01. The summed E-state index contributed by atoms with van der Waals surface area (Å²) in [7, 11) is 0. The van der Waals surface area contributed by atoms with Crippen LogP contribution in [0.3, 0.4) is 0 Å². The van der Waals surface area contributed by atoms with Crippen molar-refractivity contribution in [3.63, 3.8) is 0 Å². The second kappa shape index (κ2) is 7.79. The van der Waals surface area contributed by atoms with E-state index in [1.165, 1.54) is 70.6 Å². The summed E-state index contributed by atoms with van der Waals surface area (Å²) in [6.07, 6.45) is 19.5. The Balaban J connectivity index is 1.49. The molecule has 4 fully saturated rings. The molecular formula is C22H38O2. The van der Waals surface area contributed by atoms with Crippen LogP contribution in [0.5, 0.6) is 0 Å². The van der Waals surface area contributed by atoms with Crippen molar-refractivity contribution in [2.75, 3.05) is 0 Å². The van der Waals surface area contributed by atoms with Crippen LogP contribution >= 0.6 is 0 Å². The Labute approximate surface area is 149 Å². The first kappa shape index (κ1) is 18.3. The molecule has 2 heteroatoms. The van der Waals surface area contributed by atoms with Crippen molar-refractivity contribution in [2.45, 2.75) is 116 Å². The Hall–Kier alpha value is -0.530. The number of hydrogen-bond acceptors (Lipinski definition) is 2. The maximum absolute atomic E-state index is 11.8. The van der Waals surface area contributed by atoms with Crippen LogP contribution < -0.4 is 0 Å². The third kappa shape index (κ3) is 3.83. The number of hydrogen-bond donors (Lipinski definition) is 0. The molecule has 4 saturated carbocycles. The van der Waals surface area contributed by atoms with Gasteiger partial charge in [0.1, 0.15) is 5.60 Å². The molecule has 0 aromatic carbocycles. The Morgan fingerprint density at radius 3 is 2.08 bits per heavy atom. The van der Waals surface area contributed by atoms with Crippen molar-refractivity contribution < 1.29 is 9.53 Å². The monoisotopic (exact) mass is 334 g/mol. The average Bonchev–Trinajstić information content (AvgIpc) is 2.64. The fourth-order valence-electron chi connectivity index (χ4n) is 6.01. The zero-order valence-electron chi connectivity index (χ0n) is 16.1. The minimum atomic E-state index is -0.0772. The number of carbonyl (C=O) groups is 1. The molecule has 0 aromatic rings. The normalized spacial score (nSPS) is 38.9. The topological polar surface area (TPSA) is 26.3 Å². The number of fused-ring (bicyclic) bond motifs is 3. The van der Waals surface area contributed by atoms with Crippen molar-refractivity contribution in [3.05, 3.63) is 0 Å². The van der Waals surface area contributed by atoms with Gasteiger partial charge in [-0.15, -0.1) is 0 Å². The van der Waals surface area contributed by atoms with Crippen LogP contribution in [0.1, 0.15) is 110 Å². The average molecular weight is 335 g/mol. The number of esters is 1. The predicted molar refractivity (Wildman–Crippen MR) is 98.8 cm³/mol. The largest absolute Gasteiger partial charge is 0.459 e. The molecule has 0 unspecified atom stereocenters. The Morgan fingerprint density at radius 2 is 1.54 bits per heavy atom. The van der Waals surface area contributed by atoms with Gasteiger partial charge < -0.3 is 4.74 Å². The third-order valence-corrected chi connectivity index (χ3v) is 7.78. The second-order valence-electron chi connectivity index (χ2n) is 9.09. The summed E-state index contributed by atoms with van der Waals surface area (Å²) in [6, 6.07) is 0. The zero-order chi connectivity index (χ0) is 17.0. The zero-order valence-corrected chi connectivity index (χ0v) is 16.1. The lowest BCUT2D eigenvalue weighted by Gasteiger charge is -2.56. The fraction of sp³-hybridized carbons (Fsp3) is 0.955. The van der Waals surface area contributed by atoms with Gasteiger partial charge in [0.05, 0.1) is 0 Å². The van der Waals surface area contributed by atoms with Gasteiger partial charge in [0.2, 0.25) is 0 Å². The summed E-state index contributed by atoms with van der Waals surface area (Å²) in [5.41, 5.74) is 0.529. The Kier molecular flexibility index (Phi) is 5.93. The highest BCUT2D eigenvalue weighted by molar-refractivity contribution is 5.69. The highest BCUT2D eigenvalue weighted by Crippen LogP contribution is 2.60. The Morgan fingerprint density at radius 1 is 0.917 bits per heavy atom. The van der Waals surface area contributed by atoms with Crippen molar-refractivity contribution in [1.29, 1.82) is 0 Å². The van der Waals surface area contributed by atoms with E-state index in [1.807, 2.05) is 6.92 Å². The van der Waals surface area contributed by atoms with Crippen molar-refractivity contribution >= 4 is 5.97 Å². The highest BCUT2D eigenvalue weighted by Gasteiger charge is 2.53. The summed E-state index contributed by atoms with van der Waals surface area (Å²) in [5.74, 6) is 1.98. The highest BCUT2D eigenvalue weighted by atomic mass is 16.6. The molecule has 2 bridgehead atoms. The number of rotatable bonds is 7. The number of ether oxygens (including phenoxy) is 1. The second-order valence-corrected chi connectivity index (χ2v) is 9.09. The smallest absolute Gasteiger partial charge is 0.306 e. The molecule has 0 saturated heterocycles. The SMILES string of the molecule is CCCCC[C@H]1CC[C@H](C23CCC(OC(=O)CC)(CC2)CC3)CC1. The van der Waals surface area contributed by atoms with Gasteiger partial charge in [-0.2, -0.15) is 0 Å². The molecular weight excluding hydrogens is 296 g/mol. The minimum absolute atomic E-state index is 0.0111. The lowest BCUT2D eigenvalue weighted by molar-refractivity contribution is -0.182. The van der Waals surface area contributed by atoms with Crippen LogP contribution in [0, 0.1) is 17.3 Å². The molecule has 0 heterocycles. The lowest BCUT2D eigenvalue weighted by atomic mass is 9.51. The van der Waals surface area contributed by atoms with E-state index >= 15 is 0 Å². The van der Waals surface area contributed by atoms with Crippen LogP contribution in [-0.4, -0.2) is 11.6 Å². The maximum atomic E-state index is 11.8. The van der Waals surface area contributed by atoms with Gasteiger partial charge in [0.25, 0.3) is 0 Å². The van der Waals surface area contributed by atoms with E-state index in [1.54, 1.807) is 0 Å². The lowest BCUT2D eigenvalue weighted by Crippen LogP contribution is -2.51. The molecule has 0 atom stereocenters. The van der Waals surface area contributed by atoms with Crippen molar-refractivity contribution in [2.24, 2.45) is 17.3 Å². The van der Waals surface area contributed by atoms with E-state index in [0.717, 1.165) is 31.1 Å². The standard InChI is InChI=1S/C22H38O2/c1-3-5-6-7-18-8-10-19(11-9-18)21-12-15-22(16-13-21,17-14-21)24-20(23)4-2/h18-19H,3-17H2,1-2H3/t18-,19-,21?,22?. The molecule has 4 aliphatic rings. The van der Waals surface area contributed by atoms with E-state index in [0.29, 0.717) is 11.8 Å². The predicted octanol–water partition coefficient (Wildman–Crippen LogP) is 6.42. The molecule has 0 aromatic heterocycles. The quantitative estimate of drug-likeness (QED) is 0.396. The molecule has 4 aliphatic carbocycles. The Bertz CT molecular complexity index is 395. The molecule has 0 spiro atoms. The minimum Gasteiger partial charge on any atom is -0.459 e. The van der Waals surface area contributed by atoms with Crippen LogP contribution in [0.4, 0.5) is 0 Å². The van der Waals surface area contributed by atoms with E-state index in [4.69, 9.17) is 4.74 Å². The summed E-state index contributed by atoms with van der Waals surface area (Å²) in [6.45, 7) is 4.22. The van der Waals surface area contributed by atoms with E-state index < -0.39 is 0 Å². The molecule has 24 heavy (non-hydrogen) atoms. The molecule has 2 nitrogen and oxygen atoms in total. The van der Waals surface area contributed by atoms with Crippen molar-refractivity contribution in [1.82, 2.24) is 0 Å². The van der Waals surface area contributed by atoms with Gasteiger partial charge in [-0.05, 0) is 68.6 Å². The van der Waals surface area contributed by atoms with Gasteiger partial charge in [0.15, 0.2) is 0 Å². The maximum Gasteiger partial charge on any atom is 0.306 e. The summed E-state index contributed by atoms with van der Waals surface area (Å²) in [4.78, 5) is 11.8. The van der Waals surface area contributed by atoms with Gasteiger partial charge >= 0.3 is 5.97 Å². The van der Waals surface area contributed by atoms with Crippen LogP contribution in [0.15, 0.2) is 0 Å². The van der Waals surface area contributed by atoms with Gasteiger partial charge in [-0.25, -0.2) is 0 Å². The third-order valence-electron chi connectivity index (χ3n) is 7.78. The molecule has 0 amide bonds. The number of carbonyl (C=O) groups excluding carboxylic acids is 1. The summed E-state index contributed by atoms with van der Waals surface area (Å²) in [5, 5.41) is 0. The first-order chi connectivity index (χ1) is 11.6. The molecule has 0 radical (unpaired) electrons. The summed E-state index contributed by atoms with van der Waals surface area (Å²) < 4.78 is 5.88. The van der Waals surface area contributed by atoms with Gasteiger partial charge in [0, 0.05) is 6.42 Å². The van der Waals surface area contributed by atoms with Crippen molar-refractivity contribution in [3.8, 4) is 0 Å². The number of unbranched alkanes of at least 4 members (excludes halogenated alkanes) is 2. The summed E-state index contributed by atoms with van der Waals surface area (Å²) >= 11 is 0. The van der Waals surface area contributed by atoms with Gasteiger partial charge in [-0.3, -0.25) is 4.79 Å². The van der Waals surface area contributed by atoms with Crippen LogP contribution in [0.2, 0.25) is 0 Å². The van der Waals surface area contributed by atoms with Crippen LogP contribution in [0.25, 0.3) is 0 Å².